The number of benzene rings is 1. The van der Waals surface area contributed by atoms with Gasteiger partial charge in [-0.15, -0.1) is 0 Å². The van der Waals surface area contributed by atoms with E-state index >= 15 is 0 Å². The summed E-state index contributed by atoms with van der Waals surface area (Å²) in [6.07, 6.45) is 6.44. The van der Waals surface area contributed by atoms with Gasteiger partial charge in [-0.1, -0.05) is 12.8 Å². The molecule has 4 nitrogen and oxygen atoms in total. The first-order valence-corrected chi connectivity index (χ1v) is 6.46. The van der Waals surface area contributed by atoms with Gasteiger partial charge < -0.3 is 9.88 Å². The summed E-state index contributed by atoms with van der Waals surface area (Å²) >= 11 is 0. The van der Waals surface area contributed by atoms with Crippen LogP contribution in [0.5, 0.6) is 0 Å². The predicted molar refractivity (Wildman–Crippen MR) is 70.4 cm³/mol. The van der Waals surface area contributed by atoms with E-state index in [0.717, 1.165) is 23.9 Å². The molecule has 1 amide bonds. The summed E-state index contributed by atoms with van der Waals surface area (Å²) in [4.78, 5) is 16.4. The molecule has 1 fully saturated rings. The molecule has 1 saturated carbocycles. The number of imidazole rings is 1. The molecule has 1 aromatic heterocycles. The third-order valence-corrected chi connectivity index (χ3v) is 3.68. The van der Waals surface area contributed by atoms with Gasteiger partial charge in [-0.25, -0.2) is 4.98 Å². The molecule has 94 valence electrons. The Morgan fingerprint density at radius 3 is 2.94 bits per heavy atom. The molecule has 0 bridgehead atoms. The Morgan fingerprint density at radius 2 is 2.17 bits per heavy atom. The first kappa shape index (κ1) is 11.3. The van der Waals surface area contributed by atoms with Crippen molar-refractivity contribution in [1.82, 2.24) is 14.9 Å². The van der Waals surface area contributed by atoms with Gasteiger partial charge in [0.25, 0.3) is 5.91 Å². The lowest BCUT2D eigenvalue weighted by molar-refractivity contribution is 0.0938. The molecule has 1 aliphatic carbocycles. The van der Waals surface area contributed by atoms with Crippen molar-refractivity contribution in [1.29, 1.82) is 0 Å². The Bertz CT molecular complexity index is 582. The summed E-state index contributed by atoms with van der Waals surface area (Å²) < 4.78 is 1.95. The number of nitrogens with one attached hydrogen (secondary N) is 1. The number of hydrogen-bond donors (Lipinski definition) is 1. The Labute approximate surface area is 106 Å². The quantitative estimate of drug-likeness (QED) is 0.879. The molecule has 1 aromatic carbocycles. The third kappa shape index (κ3) is 1.98. The van der Waals surface area contributed by atoms with Crippen LogP contribution in [0.15, 0.2) is 24.5 Å². The van der Waals surface area contributed by atoms with E-state index in [0.29, 0.717) is 11.6 Å². The molecule has 0 unspecified atom stereocenters. The first-order chi connectivity index (χ1) is 8.74. The molecule has 1 heterocycles. The fourth-order valence-electron chi connectivity index (χ4n) is 2.62. The maximum Gasteiger partial charge on any atom is 0.251 e. The lowest BCUT2D eigenvalue weighted by atomic mass is 10.1. The number of carbonyl (C=O) groups excluding carboxylic acids is 1. The number of hydrogen-bond acceptors (Lipinski definition) is 2. The van der Waals surface area contributed by atoms with Gasteiger partial charge in [0.05, 0.1) is 17.4 Å². The van der Waals surface area contributed by atoms with Crippen LogP contribution in [0, 0.1) is 0 Å². The lowest BCUT2D eigenvalue weighted by Crippen LogP contribution is -2.32. The maximum atomic E-state index is 12.1. The number of carbonyl (C=O) groups is 1. The van der Waals surface area contributed by atoms with E-state index < -0.39 is 0 Å². The third-order valence-electron chi connectivity index (χ3n) is 3.68. The standard InChI is InChI=1S/C14H17N3O/c1-17-9-15-12-8-10(6-7-13(12)17)14(18)16-11-4-2-3-5-11/h6-9,11H,2-5H2,1H3,(H,16,18). The highest BCUT2D eigenvalue weighted by atomic mass is 16.1. The van der Waals surface area contributed by atoms with Crippen LogP contribution in [0.1, 0.15) is 36.0 Å². The second-order valence-corrected chi connectivity index (χ2v) is 5.01. The summed E-state index contributed by atoms with van der Waals surface area (Å²) in [5.74, 6) is 0.0226. The minimum atomic E-state index is 0.0226. The number of aromatic nitrogens is 2. The van der Waals surface area contributed by atoms with Crippen molar-refractivity contribution in [2.45, 2.75) is 31.7 Å². The van der Waals surface area contributed by atoms with Gasteiger partial charge in [0.15, 0.2) is 0 Å². The van der Waals surface area contributed by atoms with Gasteiger partial charge in [-0.05, 0) is 31.0 Å². The van der Waals surface area contributed by atoms with Gasteiger partial charge in [0.1, 0.15) is 0 Å². The summed E-state index contributed by atoms with van der Waals surface area (Å²) in [5.41, 5.74) is 2.62. The van der Waals surface area contributed by atoms with Crippen LogP contribution in [0.25, 0.3) is 11.0 Å². The number of nitrogens with zero attached hydrogens (tertiary/aromatic N) is 2. The molecule has 0 spiro atoms. The summed E-state index contributed by atoms with van der Waals surface area (Å²) in [5, 5.41) is 3.09. The number of amides is 1. The van der Waals surface area contributed by atoms with Crippen molar-refractivity contribution in [2.24, 2.45) is 7.05 Å². The SMILES string of the molecule is Cn1cnc2cc(C(=O)NC3CCCC3)ccc21. The van der Waals surface area contributed by atoms with Gasteiger partial charge >= 0.3 is 0 Å². The Hall–Kier alpha value is -1.84. The molecule has 0 aliphatic heterocycles. The zero-order valence-electron chi connectivity index (χ0n) is 10.5. The fraction of sp³-hybridized carbons (Fsp3) is 0.429. The van der Waals surface area contributed by atoms with Gasteiger partial charge in [0, 0.05) is 18.7 Å². The lowest BCUT2D eigenvalue weighted by Gasteiger charge is -2.11. The Balaban J connectivity index is 1.82. The van der Waals surface area contributed by atoms with Crippen molar-refractivity contribution < 1.29 is 4.79 Å². The van der Waals surface area contributed by atoms with Crippen LogP contribution in [-0.4, -0.2) is 21.5 Å². The topological polar surface area (TPSA) is 46.9 Å². The smallest absolute Gasteiger partial charge is 0.251 e. The molecular formula is C14H17N3O. The molecule has 18 heavy (non-hydrogen) atoms. The zero-order valence-corrected chi connectivity index (χ0v) is 10.5. The molecular weight excluding hydrogens is 226 g/mol. The summed E-state index contributed by atoms with van der Waals surface area (Å²) in [6.45, 7) is 0. The van der Waals surface area contributed by atoms with E-state index in [1.165, 1.54) is 12.8 Å². The molecule has 0 atom stereocenters. The Kier molecular flexibility index (Phi) is 2.78. The largest absolute Gasteiger partial charge is 0.349 e. The van der Waals surface area contributed by atoms with Crippen LogP contribution in [-0.2, 0) is 7.05 Å². The number of fused-ring (bicyclic) bond motifs is 1. The Morgan fingerprint density at radius 1 is 1.39 bits per heavy atom. The molecule has 1 aliphatic rings. The minimum Gasteiger partial charge on any atom is -0.349 e. The summed E-state index contributed by atoms with van der Waals surface area (Å²) in [6, 6.07) is 6.04. The molecule has 0 radical (unpaired) electrons. The predicted octanol–water partition coefficient (Wildman–Crippen LogP) is 2.25. The van der Waals surface area contributed by atoms with E-state index in [2.05, 4.69) is 10.3 Å². The highest BCUT2D eigenvalue weighted by Gasteiger charge is 2.18. The average Bonchev–Trinajstić information content (AvgIpc) is 2.99. The van der Waals surface area contributed by atoms with Crippen LogP contribution in [0.2, 0.25) is 0 Å². The first-order valence-electron chi connectivity index (χ1n) is 6.46. The second-order valence-electron chi connectivity index (χ2n) is 5.01. The maximum absolute atomic E-state index is 12.1. The zero-order chi connectivity index (χ0) is 12.5. The van der Waals surface area contributed by atoms with E-state index in [4.69, 9.17) is 0 Å². The highest BCUT2D eigenvalue weighted by Crippen LogP contribution is 2.19. The average molecular weight is 243 g/mol. The second kappa shape index (κ2) is 4.44. The van der Waals surface area contributed by atoms with Crippen LogP contribution in [0.4, 0.5) is 0 Å². The van der Waals surface area contributed by atoms with E-state index in [9.17, 15) is 4.79 Å². The molecule has 0 saturated heterocycles. The monoisotopic (exact) mass is 243 g/mol. The molecule has 3 rings (SSSR count). The number of rotatable bonds is 2. The van der Waals surface area contributed by atoms with Gasteiger partial charge in [-0.3, -0.25) is 4.79 Å². The highest BCUT2D eigenvalue weighted by molar-refractivity contribution is 5.97. The van der Waals surface area contributed by atoms with Crippen LogP contribution < -0.4 is 5.32 Å². The van der Waals surface area contributed by atoms with Crippen molar-refractivity contribution in [2.75, 3.05) is 0 Å². The number of aryl methyl sites for hydroxylation is 1. The van der Waals surface area contributed by atoms with Crippen LogP contribution in [0.3, 0.4) is 0 Å². The minimum absolute atomic E-state index is 0.0226. The van der Waals surface area contributed by atoms with E-state index in [-0.39, 0.29) is 5.91 Å². The summed E-state index contributed by atoms with van der Waals surface area (Å²) in [7, 11) is 1.95. The van der Waals surface area contributed by atoms with E-state index in [1.807, 2.05) is 29.8 Å². The van der Waals surface area contributed by atoms with Gasteiger partial charge in [0.2, 0.25) is 0 Å². The fourth-order valence-corrected chi connectivity index (χ4v) is 2.62. The normalized spacial score (nSPS) is 16.3. The molecule has 2 aromatic rings. The van der Waals surface area contributed by atoms with Gasteiger partial charge in [-0.2, -0.15) is 0 Å². The molecule has 1 N–H and O–H groups in total. The van der Waals surface area contributed by atoms with Crippen molar-refractivity contribution in [3.05, 3.63) is 30.1 Å². The van der Waals surface area contributed by atoms with Crippen molar-refractivity contribution in [3.63, 3.8) is 0 Å². The van der Waals surface area contributed by atoms with Crippen LogP contribution >= 0.6 is 0 Å². The molecule has 4 heteroatoms. The van der Waals surface area contributed by atoms with Crippen molar-refractivity contribution >= 4 is 16.9 Å². The van der Waals surface area contributed by atoms with Crippen molar-refractivity contribution in [3.8, 4) is 0 Å². The van der Waals surface area contributed by atoms with E-state index in [1.54, 1.807) is 6.33 Å².